The number of nitrogens with one attached hydrogen (secondary N) is 1. The summed E-state index contributed by atoms with van der Waals surface area (Å²) in [5.74, 6) is 0.214. The number of nitrogens with zero attached hydrogens (tertiary/aromatic N) is 3. The number of benzene rings is 1. The number of carbonyl (C=O) groups excluding carboxylic acids is 1. The van der Waals surface area contributed by atoms with Crippen LogP contribution in [0.4, 0.5) is 4.39 Å². The number of rotatable bonds is 5. The lowest BCUT2D eigenvalue weighted by molar-refractivity contribution is -0.123. The van der Waals surface area contributed by atoms with Gasteiger partial charge in [-0.3, -0.25) is 14.7 Å². The zero-order chi connectivity index (χ0) is 20.1. The molecule has 2 aromatic rings. The molecule has 0 spiro atoms. The molecule has 0 radical (unpaired) electrons. The molecule has 0 unspecified atom stereocenters. The van der Waals surface area contributed by atoms with Crippen molar-refractivity contribution >= 4 is 5.91 Å². The first-order chi connectivity index (χ1) is 14.2. The summed E-state index contributed by atoms with van der Waals surface area (Å²) in [4.78, 5) is 23.7. The molecule has 4 rings (SSSR count). The van der Waals surface area contributed by atoms with Gasteiger partial charge in [0, 0.05) is 23.7 Å². The Hall–Kier alpha value is -2.34. The summed E-state index contributed by atoms with van der Waals surface area (Å²) in [5, 5.41) is 3.21. The largest absolute Gasteiger partial charge is 0.352 e. The van der Waals surface area contributed by atoms with Gasteiger partial charge in [0.25, 0.3) is 0 Å². The van der Waals surface area contributed by atoms with Crippen molar-refractivity contribution in [2.24, 2.45) is 0 Å². The van der Waals surface area contributed by atoms with E-state index in [2.05, 4.69) is 15.2 Å². The lowest BCUT2D eigenvalue weighted by Gasteiger charge is -2.32. The number of amides is 1. The lowest BCUT2D eigenvalue weighted by atomic mass is 9.93. The van der Waals surface area contributed by atoms with Crippen molar-refractivity contribution in [1.29, 1.82) is 0 Å². The van der Waals surface area contributed by atoms with E-state index in [0.29, 0.717) is 24.2 Å². The molecule has 0 atom stereocenters. The van der Waals surface area contributed by atoms with Gasteiger partial charge in [0.1, 0.15) is 5.82 Å². The molecule has 6 heteroatoms. The molecule has 29 heavy (non-hydrogen) atoms. The van der Waals surface area contributed by atoms with Crippen LogP contribution in [-0.2, 0) is 4.79 Å². The van der Waals surface area contributed by atoms with Gasteiger partial charge in [0.05, 0.1) is 24.1 Å². The Morgan fingerprint density at radius 1 is 1.10 bits per heavy atom. The first-order valence-electron chi connectivity index (χ1n) is 10.8. The zero-order valence-electron chi connectivity index (χ0n) is 16.8. The van der Waals surface area contributed by atoms with Gasteiger partial charge < -0.3 is 5.32 Å². The van der Waals surface area contributed by atoms with Crippen molar-refractivity contribution in [3.8, 4) is 11.3 Å². The molecule has 1 N–H and O–H groups in total. The molecule has 1 amide bonds. The van der Waals surface area contributed by atoms with Crippen molar-refractivity contribution in [2.45, 2.75) is 56.9 Å². The smallest absolute Gasteiger partial charge is 0.234 e. The molecule has 2 aliphatic rings. The van der Waals surface area contributed by atoms with E-state index in [0.717, 1.165) is 50.0 Å². The molecular weight excluding hydrogens is 367 g/mol. The van der Waals surface area contributed by atoms with Crippen molar-refractivity contribution in [2.75, 3.05) is 19.6 Å². The number of piperidine rings is 1. The quantitative estimate of drug-likeness (QED) is 0.833. The first kappa shape index (κ1) is 20.0. The van der Waals surface area contributed by atoms with Gasteiger partial charge in [-0.05, 0) is 50.9 Å². The summed E-state index contributed by atoms with van der Waals surface area (Å²) in [6.07, 6.45) is 11.4. The van der Waals surface area contributed by atoms with E-state index in [1.165, 1.54) is 31.4 Å². The van der Waals surface area contributed by atoms with Gasteiger partial charge in [0.2, 0.25) is 5.91 Å². The van der Waals surface area contributed by atoms with E-state index in [1.807, 2.05) is 12.3 Å². The molecule has 1 aliphatic heterocycles. The topological polar surface area (TPSA) is 58.1 Å². The Bertz CT molecular complexity index is 829. The van der Waals surface area contributed by atoms with Crippen molar-refractivity contribution in [1.82, 2.24) is 20.2 Å². The highest BCUT2D eigenvalue weighted by Gasteiger charge is 2.24. The monoisotopic (exact) mass is 396 g/mol. The van der Waals surface area contributed by atoms with Crippen LogP contribution < -0.4 is 5.32 Å². The summed E-state index contributed by atoms with van der Waals surface area (Å²) in [6.45, 7) is 2.25. The molecule has 1 aliphatic carbocycles. The number of hydrogen-bond acceptors (Lipinski definition) is 4. The third kappa shape index (κ3) is 5.38. The number of carbonyl (C=O) groups is 1. The van der Waals surface area contributed by atoms with Gasteiger partial charge in [-0.15, -0.1) is 0 Å². The second-order valence-corrected chi connectivity index (χ2v) is 8.29. The van der Waals surface area contributed by atoms with Gasteiger partial charge >= 0.3 is 0 Å². The Morgan fingerprint density at radius 2 is 1.90 bits per heavy atom. The van der Waals surface area contributed by atoms with Crippen molar-refractivity contribution in [3.63, 3.8) is 0 Å². The van der Waals surface area contributed by atoms with Crippen LogP contribution in [0.2, 0.25) is 0 Å². The lowest BCUT2D eigenvalue weighted by Crippen LogP contribution is -2.44. The average Bonchev–Trinajstić information content (AvgIpc) is 2.75. The predicted octanol–water partition coefficient (Wildman–Crippen LogP) is 3.91. The third-order valence-electron chi connectivity index (χ3n) is 6.12. The molecule has 2 heterocycles. The highest BCUT2D eigenvalue weighted by Crippen LogP contribution is 2.28. The van der Waals surface area contributed by atoms with Crippen LogP contribution in [0.25, 0.3) is 11.3 Å². The summed E-state index contributed by atoms with van der Waals surface area (Å²) in [5.41, 5.74) is 2.41. The third-order valence-corrected chi connectivity index (χ3v) is 6.12. The normalized spacial score (nSPS) is 19.2. The maximum absolute atomic E-state index is 13.5. The first-order valence-corrected chi connectivity index (χ1v) is 10.8. The van der Waals surface area contributed by atoms with Gasteiger partial charge in [-0.2, -0.15) is 0 Å². The fourth-order valence-electron chi connectivity index (χ4n) is 4.47. The molecule has 1 aromatic carbocycles. The van der Waals surface area contributed by atoms with Crippen molar-refractivity contribution < 1.29 is 9.18 Å². The highest BCUT2D eigenvalue weighted by molar-refractivity contribution is 5.78. The number of halogens is 1. The van der Waals surface area contributed by atoms with Crippen LogP contribution in [0.1, 0.15) is 56.6 Å². The molecular formula is C23H29FN4O. The molecule has 1 saturated carbocycles. The maximum atomic E-state index is 13.5. The standard InChI is InChI=1S/C23H29FN4O/c24-19-6-4-5-18(13-19)22-15-25-14-21(27-22)17-9-11-28(12-10-17)16-23(29)26-20-7-2-1-3-8-20/h4-6,13-15,17,20H,1-3,7-12,16H2,(H,26,29). The number of aromatic nitrogens is 2. The molecule has 0 bridgehead atoms. The molecule has 5 nitrogen and oxygen atoms in total. The van der Waals surface area contributed by atoms with Gasteiger partial charge in [-0.1, -0.05) is 31.4 Å². The number of likely N-dealkylation sites (tertiary alicyclic amines) is 1. The summed E-state index contributed by atoms with van der Waals surface area (Å²) in [6, 6.07) is 6.83. The number of hydrogen-bond donors (Lipinski definition) is 1. The Labute approximate surface area is 171 Å². The van der Waals surface area contributed by atoms with E-state index in [1.54, 1.807) is 12.3 Å². The molecule has 1 aromatic heterocycles. The summed E-state index contributed by atoms with van der Waals surface area (Å²) in [7, 11) is 0. The predicted molar refractivity (Wildman–Crippen MR) is 111 cm³/mol. The molecule has 1 saturated heterocycles. The van der Waals surface area contributed by atoms with E-state index in [9.17, 15) is 9.18 Å². The van der Waals surface area contributed by atoms with Crippen LogP contribution >= 0.6 is 0 Å². The van der Waals surface area contributed by atoms with Crippen LogP contribution in [0, 0.1) is 5.82 Å². The summed E-state index contributed by atoms with van der Waals surface area (Å²) >= 11 is 0. The Balaban J connectivity index is 1.30. The van der Waals surface area contributed by atoms with E-state index in [4.69, 9.17) is 4.98 Å². The van der Waals surface area contributed by atoms with Gasteiger partial charge in [0.15, 0.2) is 0 Å². The minimum Gasteiger partial charge on any atom is -0.352 e. The minimum absolute atomic E-state index is 0.156. The van der Waals surface area contributed by atoms with Crippen LogP contribution in [0.5, 0.6) is 0 Å². The second-order valence-electron chi connectivity index (χ2n) is 8.29. The fourth-order valence-corrected chi connectivity index (χ4v) is 4.47. The second kappa shape index (κ2) is 9.44. The van der Waals surface area contributed by atoms with Crippen LogP contribution in [0.3, 0.4) is 0 Å². The summed E-state index contributed by atoms with van der Waals surface area (Å²) < 4.78 is 13.5. The molecule has 154 valence electrons. The van der Waals surface area contributed by atoms with Crippen LogP contribution in [-0.4, -0.2) is 46.5 Å². The van der Waals surface area contributed by atoms with Crippen LogP contribution in [0.15, 0.2) is 36.7 Å². The van der Waals surface area contributed by atoms with E-state index < -0.39 is 0 Å². The Morgan fingerprint density at radius 3 is 2.66 bits per heavy atom. The van der Waals surface area contributed by atoms with Gasteiger partial charge in [-0.25, -0.2) is 9.37 Å². The maximum Gasteiger partial charge on any atom is 0.234 e. The SMILES string of the molecule is O=C(CN1CCC(c2cncc(-c3cccc(F)c3)n2)CC1)NC1CCCCC1. The van der Waals surface area contributed by atoms with Crippen molar-refractivity contribution in [3.05, 3.63) is 48.2 Å². The highest BCUT2D eigenvalue weighted by atomic mass is 19.1. The van der Waals surface area contributed by atoms with E-state index in [-0.39, 0.29) is 11.7 Å². The average molecular weight is 397 g/mol. The zero-order valence-corrected chi connectivity index (χ0v) is 16.8. The molecule has 2 fully saturated rings. The minimum atomic E-state index is -0.269. The van der Waals surface area contributed by atoms with E-state index >= 15 is 0 Å². The Kier molecular flexibility index (Phi) is 6.49. The fraction of sp³-hybridized carbons (Fsp3) is 0.522.